The van der Waals surface area contributed by atoms with Crippen molar-refractivity contribution < 1.29 is 18.3 Å². The molecule has 1 nitrogen and oxygen atoms in total. The van der Waals surface area contributed by atoms with Gasteiger partial charge in [0.05, 0.1) is 0 Å². The zero-order valence-electron chi connectivity index (χ0n) is 6.16. The van der Waals surface area contributed by atoms with Crippen molar-refractivity contribution in [1.82, 2.24) is 0 Å². The SMILES string of the molecule is Cc1c(F)c(F)c(O)c(F)c1P. The second-order valence-corrected chi connectivity index (χ2v) is 2.91. The summed E-state index contributed by atoms with van der Waals surface area (Å²) in [6.07, 6.45) is 0. The van der Waals surface area contributed by atoms with E-state index in [0.717, 1.165) is 0 Å². The molecular formula is C7H6F3OP. The van der Waals surface area contributed by atoms with Crippen LogP contribution in [0.3, 0.4) is 0 Å². The van der Waals surface area contributed by atoms with E-state index < -0.39 is 23.2 Å². The first-order chi connectivity index (χ1) is 5.46. The molecule has 0 fully saturated rings. The van der Waals surface area contributed by atoms with Gasteiger partial charge >= 0.3 is 0 Å². The van der Waals surface area contributed by atoms with Gasteiger partial charge in [0, 0.05) is 5.30 Å². The summed E-state index contributed by atoms with van der Waals surface area (Å²) in [6.45, 7) is 1.23. The first-order valence-electron chi connectivity index (χ1n) is 3.08. The fraction of sp³-hybridized carbons (Fsp3) is 0.143. The Morgan fingerprint density at radius 1 is 1.08 bits per heavy atom. The van der Waals surface area contributed by atoms with Crippen molar-refractivity contribution in [2.75, 3.05) is 0 Å². The summed E-state index contributed by atoms with van der Waals surface area (Å²) in [6, 6.07) is 0. The molecular weight excluding hydrogens is 188 g/mol. The third kappa shape index (κ3) is 1.16. The molecule has 0 aromatic heterocycles. The van der Waals surface area contributed by atoms with Gasteiger partial charge < -0.3 is 5.11 Å². The number of hydrogen-bond acceptors (Lipinski definition) is 1. The van der Waals surface area contributed by atoms with E-state index in [1.807, 2.05) is 9.24 Å². The van der Waals surface area contributed by atoms with E-state index in [0.29, 0.717) is 0 Å². The quantitative estimate of drug-likeness (QED) is 0.491. The standard InChI is InChI=1S/C7H6F3OP/c1-2-3(8)4(9)6(11)5(10)7(2)12/h11H,12H2,1H3. The van der Waals surface area contributed by atoms with E-state index in [2.05, 4.69) is 0 Å². The Morgan fingerprint density at radius 2 is 1.58 bits per heavy atom. The second-order valence-electron chi connectivity index (χ2n) is 2.33. The molecule has 0 heterocycles. The molecule has 1 atom stereocenters. The molecule has 0 amide bonds. The van der Waals surface area contributed by atoms with Gasteiger partial charge in [-0.15, -0.1) is 9.24 Å². The van der Waals surface area contributed by atoms with Gasteiger partial charge in [0.15, 0.2) is 17.4 Å². The summed E-state index contributed by atoms with van der Waals surface area (Å²) < 4.78 is 38.0. The first-order valence-corrected chi connectivity index (χ1v) is 3.66. The Hall–Kier alpha value is -0.760. The summed E-state index contributed by atoms with van der Waals surface area (Å²) in [5, 5.41) is 8.53. The van der Waals surface area contributed by atoms with Crippen LogP contribution < -0.4 is 5.30 Å². The lowest BCUT2D eigenvalue weighted by molar-refractivity contribution is 0.377. The molecule has 1 N–H and O–H groups in total. The predicted octanol–water partition coefficient (Wildman–Crippen LogP) is 1.62. The van der Waals surface area contributed by atoms with Crippen molar-refractivity contribution >= 4 is 14.5 Å². The maximum Gasteiger partial charge on any atom is 0.203 e. The van der Waals surface area contributed by atoms with Crippen LogP contribution in [-0.4, -0.2) is 5.11 Å². The molecule has 1 rings (SSSR count). The summed E-state index contributed by atoms with van der Waals surface area (Å²) in [5.74, 6) is -5.19. The van der Waals surface area contributed by atoms with Gasteiger partial charge in [-0.3, -0.25) is 0 Å². The molecule has 1 aromatic rings. The summed E-state index contributed by atoms with van der Waals surface area (Å²) in [4.78, 5) is 0. The van der Waals surface area contributed by atoms with Crippen LogP contribution in [0.25, 0.3) is 0 Å². The average molecular weight is 194 g/mol. The molecule has 1 unspecified atom stereocenters. The highest BCUT2D eigenvalue weighted by atomic mass is 31.0. The highest BCUT2D eigenvalue weighted by molar-refractivity contribution is 7.27. The molecule has 0 aliphatic heterocycles. The second kappa shape index (κ2) is 2.94. The van der Waals surface area contributed by atoms with Crippen LogP contribution in [0.2, 0.25) is 0 Å². The lowest BCUT2D eigenvalue weighted by Crippen LogP contribution is -2.09. The Balaban J connectivity index is 3.60. The van der Waals surface area contributed by atoms with Gasteiger partial charge in [0.1, 0.15) is 0 Å². The number of benzene rings is 1. The van der Waals surface area contributed by atoms with E-state index >= 15 is 0 Å². The number of aromatic hydroxyl groups is 1. The molecule has 0 aliphatic rings. The summed E-state index contributed by atoms with van der Waals surface area (Å²) >= 11 is 0. The Kier molecular flexibility index (Phi) is 2.29. The molecule has 1 aromatic carbocycles. The molecule has 0 saturated carbocycles. The van der Waals surface area contributed by atoms with Crippen molar-refractivity contribution in [2.45, 2.75) is 6.92 Å². The first kappa shape index (κ1) is 9.33. The lowest BCUT2D eigenvalue weighted by Gasteiger charge is -2.05. The highest BCUT2D eigenvalue weighted by Crippen LogP contribution is 2.24. The van der Waals surface area contributed by atoms with Crippen LogP contribution in [0, 0.1) is 24.4 Å². The predicted molar refractivity (Wildman–Crippen MR) is 42.1 cm³/mol. The van der Waals surface area contributed by atoms with Crippen LogP contribution in [0.15, 0.2) is 0 Å². The fourth-order valence-electron chi connectivity index (χ4n) is 0.775. The Bertz CT molecular complexity index is 233. The zero-order valence-corrected chi connectivity index (χ0v) is 7.31. The summed E-state index contributed by atoms with van der Waals surface area (Å²) in [5.41, 5.74) is -0.159. The van der Waals surface area contributed by atoms with Crippen LogP contribution >= 0.6 is 9.24 Å². The number of hydrogen-bond donors (Lipinski definition) is 1. The van der Waals surface area contributed by atoms with E-state index in [4.69, 9.17) is 5.11 Å². The van der Waals surface area contributed by atoms with E-state index in [9.17, 15) is 13.2 Å². The third-order valence-electron chi connectivity index (χ3n) is 1.58. The number of phenolic OH excluding ortho intramolecular Hbond substituents is 1. The average Bonchev–Trinajstić information content (AvgIpc) is 2.08. The molecule has 0 saturated heterocycles. The van der Waals surface area contributed by atoms with Crippen molar-refractivity contribution in [3.8, 4) is 5.75 Å². The van der Waals surface area contributed by atoms with Crippen molar-refractivity contribution in [1.29, 1.82) is 0 Å². The number of phenols is 1. The molecule has 0 radical (unpaired) electrons. The van der Waals surface area contributed by atoms with Crippen molar-refractivity contribution in [3.63, 3.8) is 0 Å². The van der Waals surface area contributed by atoms with Gasteiger partial charge in [0.25, 0.3) is 0 Å². The molecule has 5 heteroatoms. The maximum absolute atomic E-state index is 12.8. The van der Waals surface area contributed by atoms with Gasteiger partial charge in [-0.05, 0) is 12.5 Å². The van der Waals surface area contributed by atoms with Gasteiger partial charge in [-0.2, -0.15) is 4.39 Å². The van der Waals surface area contributed by atoms with E-state index in [1.165, 1.54) is 6.92 Å². The molecule has 0 spiro atoms. The van der Waals surface area contributed by atoms with Crippen molar-refractivity contribution in [3.05, 3.63) is 23.0 Å². The van der Waals surface area contributed by atoms with Gasteiger partial charge in [-0.25, -0.2) is 8.78 Å². The minimum atomic E-state index is -1.55. The van der Waals surface area contributed by atoms with Crippen LogP contribution in [0.4, 0.5) is 13.2 Å². The van der Waals surface area contributed by atoms with Crippen LogP contribution in [0.1, 0.15) is 5.56 Å². The van der Waals surface area contributed by atoms with Gasteiger partial charge in [-0.1, -0.05) is 0 Å². The normalized spacial score (nSPS) is 10.4. The highest BCUT2D eigenvalue weighted by Gasteiger charge is 2.19. The monoisotopic (exact) mass is 194 g/mol. The van der Waals surface area contributed by atoms with E-state index in [-0.39, 0.29) is 10.9 Å². The third-order valence-corrected chi connectivity index (χ3v) is 2.26. The Morgan fingerprint density at radius 3 is 2.08 bits per heavy atom. The smallest absolute Gasteiger partial charge is 0.203 e. The van der Waals surface area contributed by atoms with Crippen molar-refractivity contribution in [2.24, 2.45) is 0 Å². The zero-order chi connectivity index (χ0) is 9.46. The fourth-order valence-corrected chi connectivity index (χ4v) is 1.04. The number of halogens is 3. The maximum atomic E-state index is 12.8. The van der Waals surface area contributed by atoms with Crippen LogP contribution in [0.5, 0.6) is 5.75 Å². The summed E-state index contributed by atoms with van der Waals surface area (Å²) in [7, 11) is 1.89. The topological polar surface area (TPSA) is 20.2 Å². The molecule has 66 valence electrons. The number of rotatable bonds is 0. The lowest BCUT2D eigenvalue weighted by atomic mass is 10.2. The molecule has 0 bridgehead atoms. The minimum Gasteiger partial charge on any atom is -0.503 e. The molecule has 12 heavy (non-hydrogen) atoms. The van der Waals surface area contributed by atoms with Crippen LogP contribution in [-0.2, 0) is 0 Å². The minimum absolute atomic E-state index is 0.159. The largest absolute Gasteiger partial charge is 0.503 e. The van der Waals surface area contributed by atoms with Gasteiger partial charge in [0.2, 0.25) is 5.82 Å². The Labute approximate surface area is 69.4 Å². The molecule has 0 aliphatic carbocycles. The van der Waals surface area contributed by atoms with E-state index in [1.54, 1.807) is 0 Å².